The Hall–Kier alpha value is -1.79. The summed E-state index contributed by atoms with van der Waals surface area (Å²) in [7, 11) is 0. The van der Waals surface area contributed by atoms with Crippen LogP contribution in [-0.4, -0.2) is 43.9 Å². The normalized spacial score (nSPS) is 26.9. The summed E-state index contributed by atoms with van der Waals surface area (Å²) in [6.07, 6.45) is 0.783. The van der Waals surface area contributed by atoms with E-state index in [0.717, 1.165) is 6.42 Å². The second-order valence-corrected chi connectivity index (χ2v) is 5.25. The highest BCUT2D eigenvalue weighted by Crippen LogP contribution is 2.31. The van der Waals surface area contributed by atoms with Gasteiger partial charge in [0.15, 0.2) is 11.5 Å². The van der Waals surface area contributed by atoms with Gasteiger partial charge in [0.1, 0.15) is 13.2 Å². The molecule has 0 bridgehead atoms. The predicted molar refractivity (Wildman–Crippen MR) is 76.7 cm³/mol. The SMILES string of the molecule is CCOC1CC(N)C1NC(=O)c1ccc2c(c1)OCCO2. The number of nitrogens with one attached hydrogen (secondary N) is 1. The molecule has 1 saturated carbocycles. The molecule has 2 aliphatic rings. The molecule has 0 spiro atoms. The Morgan fingerprint density at radius 3 is 2.86 bits per heavy atom. The van der Waals surface area contributed by atoms with Gasteiger partial charge in [0.05, 0.1) is 12.1 Å². The monoisotopic (exact) mass is 292 g/mol. The molecule has 1 aliphatic carbocycles. The van der Waals surface area contributed by atoms with Crippen LogP contribution in [0.3, 0.4) is 0 Å². The summed E-state index contributed by atoms with van der Waals surface area (Å²) >= 11 is 0. The molecule has 1 aromatic rings. The third kappa shape index (κ3) is 2.82. The van der Waals surface area contributed by atoms with E-state index in [1.807, 2.05) is 6.92 Å². The minimum atomic E-state index is -0.170. The molecule has 0 saturated heterocycles. The van der Waals surface area contributed by atoms with Crippen LogP contribution < -0.4 is 20.5 Å². The van der Waals surface area contributed by atoms with E-state index >= 15 is 0 Å². The zero-order chi connectivity index (χ0) is 14.8. The van der Waals surface area contributed by atoms with Crippen molar-refractivity contribution in [3.63, 3.8) is 0 Å². The molecule has 3 atom stereocenters. The Morgan fingerprint density at radius 2 is 2.14 bits per heavy atom. The number of benzene rings is 1. The molecule has 3 unspecified atom stereocenters. The average Bonchev–Trinajstić information content (AvgIpc) is 2.51. The summed E-state index contributed by atoms with van der Waals surface area (Å²) in [5.41, 5.74) is 6.48. The number of hydrogen-bond acceptors (Lipinski definition) is 5. The van der Waals surface area contributed by atoms with Gasteiger partial charge in [0, 0.05) is 18.2 Å². The maximum absolute atomic E-state index is 12.3. The molecule has 0 aromatic heterocycles. The van der Waals surface area contributed by atoms with E-state index in [1.54, 1.807) is 18.2 Å². The molecule has 114 valence electrons. The fourth-order valence-corrected chi connectivity index (χ4v) is 2.65. The van der Waals surface area contributed by atoms with E-state index in [-0.39, 0.29) is 24.1 Å². The summed E-state index contributed by atoms with van der Waals surface area (Å²) in [4.78, 5) is 12.3. The molecule has 1 aliphatic heterocycles. The van der Waals surface area contributed by atoms with E-state index in [1.165, 1.54) is 0 Å². The van der Waals surface area contributed by atoms with Gasteiger partial charge in [-0.15, -0.1) is 0 Å². The van der Waals surface area contributed by atoms with Crippen molar-refractivity contribution in [2.45, 2.75) is 31.5 Å². The largest absolute Gasteiger partial charge is 0.486 e. The van der Waals surface area contributed by atoms with Crippen molar-refractivity contribution in [2.24, 2.45) is 5.73 Å². The summed E-state index contributed by atoms with van der Waals surface area (Å²) < 4.78 is 16.5. The molecule has 1 aromatic carbocycles. The number of rotatable bonds is 4. The average molecular weight is 292 g/mol. The first-order valence-corrected chi connectivity index (χ1v) is 7.26. The van der Waals surface area contributed by atoms with Crippen LogP contribution in [0.25, 0.3) is 0 Å². The van der Waals surface area contributed by atoms with Gasteiger partial charge in [-0.2, -0.15) is 0 Å². The lowest BCUT2D eigenvalue weighted by Gasteiger charge is -2.42. The highest BCUT2D eigenvalue weighted by molar-refractivity contribution is 5.95. The number of ether oxygens (including phenoxy) is 3. The van der Waals surface area contributed by atoms with Crippen LogP contribution >= 0.6 is 0 Å². The van der Waals surface area contributed by atoms with Gasteiger partial charge >= 0.3 is 0 Å². The first-order valence-electron chi connectivity index (χ1n) is 7.26. The Labute approximate surface area is 123 Å². The fraction of sp³-hybridized carbons (Fsp3) is 0.533. The van der Waals surface area contributed by atoms with Crippen LogP contribution in [0.4, 0.5) is 0 Å². The van der Waals surface area contributed by atoms with Gasteiger partial charge in [-0.25, -0.2) is 0 Å². The number of hydrogen-bond donors (Lipinski definition) is 2. The van der Waals surface area contributed by atoms with Gasteiger partial charge in [-0.05, 0) is 31.5 Å². The van der Waals surface area contributed by atoms with E-state index in [2.05, 4.69) is 5.32 Å². The molecule has 6 heteroatoms. The van der Waals surface area contributed by atoms with E-state index in [4.69, 9.17) is 19.9 Å². The van der Waals surface area contributed by atoms with Crippen molar-refractivity contribution in [1.29, 1.82) is 0 Å². The van der Waals surface area contributed by atoms with E-state index < -0.39 is 0 Å². The standard InChI is InChI=1S/C15H20N2O4/c1-2-19-13-8-10(16)14(13)17-15(18)9-3-4-11-12(7-9)21-6-5-20-11/h3-4,7,10,13-14H,2,5-6,8,16H2,1H3,(H,17,18). The second kappa shape index (κ2) is 5.91. The van der Waals surface area contributed by atoms with Crippen LogP contribution in [-0.2, 0) is 4.74 Å². The van der Waals surface area contributed by atoms with Crippen LogP contribution in [0, 0.1) is 0 Å². The van der Waals surface area contributed by atoms with Crippen molar-refractivity contribution in [3.8, 4) is 11.5 Å². The van der Waals surface area contributed by atoms with Crippen molar-refractivity contribution >= 4 is 5.91 Å². The van der Waals surface area contributed by atoms with E-state index in [9.17, 15) is 4.79 Å². The van der Waals surface area contributed by atoms with Crippen LogP contribution in [0.2, 0.25) is 0 Å². The number of nitrogens with two attached hydrogens (primary N) is 1. The molecule has 6 nitrogen and oxygen atoms in total. The van der Waals surface area contributed by atoms with Gasteiger partial charge in [0.2, 0.25) is 0 Å². The summed E-state index contributed by atoms with van der Waals surface area (Å²) in [5.74, 6) is 1.11. The molecular weight excluding hydrogens is 272 g/mol. The second-order valence-electron chi connectivity index (χ2n) is 5.25. The van der Waals surface area contributed by atoms with Crippen molar-refractivity contribution in [2.75, 3.05) is 19.8 Å². The maximum atomic E-state index is 12.3. The zero-order valence-electron chi connectivity index (χ0n) is 12.0. The molecule has 21 heavy (non-hydrogen) atoms. The zero-order valence-corrected chi connectivity index (χ0v) is 12.0. The van der Waals surface area contributed by atoms with Crippen molar-refractivity contribution < 1.29 is 19.0 Å². The number of carbonyl (C=O) groups is 1. The van der Waals surface area contributed by atoms with Crippen LogP contribution in [0.1, 0.15) is 23.7 Å². The predicted octanol–water partition coefficient (Wildman–Crippen LogP) is 0.692. The van der Waals surface area contributed by atoms with Gasteiger partial charge in [0.25, 0.3) is 5.91 Å². The maximum Gasteiger partial charge on any atom is 0.251 e. The Balaban J connectivity index is 1.68. The number of carbonyl (C=O) groups excluding carboxylic acids is 1. The quantitative estimate of drug-likeness (QED) is 0.853. The molecule has 1 amide bonds. The van der Waals surface area contributed by atoms with Crippen molar-refractivity contribution in [3.05, 3.63) is 23.8 Å². The number of amides is 1. The minimum absolute atomic E-state index is 0.00570. The smallest absolute Gasteiger partial charge is 0.251 e. The molecule has 3 rings (SSSR count). The third-order valence-corrected chi connectivity index (χ3v) is 3.85. The summed E-state index contributed by atoms with van der Waals surface area (Å²) in [5, 5.41) is 2.94. The molecule has 3 N–H and O–H groups in total. The van der Waals surface area contributed by atoms with Gasteiger partial charge < -0.3 is 25.3 Å². The Bertz CT molecular complexity index is 532. The van der Waals surface area contributed by atoms with Gasteiger partial charge in [-0.1, -0.05) is 0 Å². The highest BCUT2D eigenvalue weighted by Gasteiger charge is 2.40. The van der Waals surface area contributed by atoms with Crippen molar-refractivity contribution in [1.82, 2.24) is 5.32 Å². The lowest BCUT2D eigenvalue weighted by atomic mass is 9.83. The fourth-order valence-electron chi connectivity index (χ4n) is 2.65. The molecular formula is C15H20N2O4. The minimum Gasteiger partial charge on any atom is -0.486 e. The van der Waals surface area contributed by atoms with Crippen LogP contribution in [0.15, 0.2) is 18.2 Å². The van der Waals surface area contributed by atoms with E-state index in [0.29, 0.717) is 36.9 Å². The lowest BCUT2D eigenvalue weighted by Crippen LogP contribution is -2.64. The highest BCUT2D eigenvalue weighted by atomic mass is 16.6. The summed E-state index contributed by atoms with van der Waals surface area (Å²) in [6, 6.07) is 4.99. The first kappa shape index (κ1) is 14.2. The topological polar surface area (TPSA) is 82.8 Å². The lowest BCUT2D eigenvalue weighted by molar-refractivity contribution is -0.0300. The summed E-state index contributed by atoms with van der Waals surface area (Å²) in [6.45, 7) is 3.58. The Kier molecular flexibility index (Phi) is 3.98. The van der Waals surface area contributed by atoms with Gasteiger partial charge in [-0.3, -0.25) is 4.79 Å². The molecule has 1 fully saturated rings. The third-order valence-electron chi connectivity index (χ3n) is 3.85. The number of fused-ring (bicyclic) bond motifs is 1. The van der Waals surface area contributed by atoms with Crippen LogP contribution in [0.5, 0.6) is 11.5 Å². The Morgan fingerprint density at radius 1 is 1.38 bits per heavy atom. The first-order chi connectivity index (χ1) is 10.2. The molecule has 1 heterocycles. The molecule has 0 radical (unpaired) electrons.